The second kappa shape index (κ2) is 6.04. The van der Waals surface area contributed by atoms with Crippen molar-refractivity contribution in [1.82, 2.24) is 25.5 Å². The van der Waals surface area contributed by atoms with Crippen molar-refractivity contribution in [1.29, 1.82) is 0 Å². The summed E-state index contributed by atoms with van der Waals surface area (Å²) in [6, 6.07) is 9.31. The van der Waals surface area contributed by atoms with Gasteiger partial charge in [-0.1, -0.05) is 28.6 Å². The average Bonchev–Trinajstić information content (AvgIpc) is 3.29. The van der Waals surface area contributed by atoms with Crippen molar-refractivity contribution in [2.24, 2.45) is 0 Å². The maximum Gasteiger partial charge on any atom is 0.274 e. The van der Waals surface area contributed by atoms with Gasteiger partial charge in [0.2, 0.25) is 0 Å². The largest absolute Gasteiger partial charge is 0.491 e. The molecule has 3 heterocycles. The number of nitrogens with one attached hydrogen (secondary N) is 1. The Balaban J connectivity index is 1.50. The molecule has 3 aromatic rings. The first kappa shape index (κ1) is 15.4. The Bertz CT molecular complexity index is 930. The lowest BCUT2D eigenvalue weighted by molar-refractivity contribution is 0.0924. The molecule has 0 bridgehead atoms. The number of fused-ring (bicyclic) bond motifs is 1. The van der Waals surface area contributed by atoms with Crippen LogP contribution in [0.3, 0.4) is 0 Å². The molecule has 0 saturated carbocycles. The Morgan fingerprint density at radius 2 is 2.20 bits per heavy atom. The van der Waals surface area contributed by atoms with E-state index in [9.17, 15) is 4.79 Å². The number of carbonyl (C=O) groups is 1. The van der Waals surface area contributed by atoms with Crippen molar-refractivity contribution in [3.8, 4) is 5.75 Å². The summed E-state index contributed by atoms with van der Waals surface area (Å²) >= 11 is 0. The number of nitrogens with zero attached hydrogens (tertiary/aromatic N) is 4. The highest BCUT2D eigenvalue weighted by Crippen LogP contribution is 2.31. The lowest BCUT2D eigenvalue weighted by atomic mass is 10.1. The molecule has 0 spiro atoms. The van der Waals surface area contributed by atoms with Crippen molar-refractivity contribution >= 4 is 5.91 Å². The van der Waals surface area contributed by atoms with Crippen LogP contribution in [0.4, 0.5) is 0 Å². The van der Waals surface area contributed by atoms with E-state index in [1.54, 1.807) is 11.6 Å². The Morgan fingerprint density at radius 3 is 3.00 bits per heavy atom. The van der Waals surface area contributed by atoms with Crippen molar-refractivity contribution in [3.63, 3.8) is 0 Å². The first-order chi connectivity index (χ1) is 12.1. The van der Waals surface area contributed by atoms with Gasteiger partial charge in [-0.15, -0.1) is 5.10 Å². The van der Waals surface area contributed by atoms with E-state index >= 15 is 0 Å². The smallest absolute Gasteiger partial charge is 0.274 e. The lowest BCUT2D eigenvalue weighted by Gasteiger charge is -2.10. The molecule has 1 amide bonds. The summed E-state index contributed by atoms with van der Waals surface area (Å²) in [5.74, 6) is 1.19. The summed E-state index contributed by atoms with van der Waals surface area (Å²) < 4.78 is 12.4. The third-order valence-corrected chi connectivity index (χ3v) is 4.19. The molecule has 4 rings (SSSR count). The molecular formula is C17H17N5O3. The van der Waals surface area contributed by atoms with Crippen LogP contribution in [-0.4, -0.2) is 32.7 Å². The topological polar surface area (TPSA) is 95.1 Å². The number of hydrogen-bond donors (Lipinski definition) is 1. The first-order valence-electron chi connectivity index (χ1n) is 7.96. The summed E-state index contributed by atoms with van der Waals surface area (Å²) in [7, 11) is 0. The zero-order valence-electron chi connectivity index (χ0n) is 13.9. The molecule has 8 nitrogen and oxygen atoms in total. The second-order valence-corrected chi connectivity index (χ2v) is 5.99. The molecule has 0 saturated heterocycles. The van der Waals surface area contributed by atoms with E-state index in [1.807, 2.05) is 37.3 Å². The minimum atomic E-state index is -0.275. The number of para-hydroxylation sites is 1. The van der Waals surface area contributed by atoms with Crippen LogP contribution < -0.4 is 10.1 Å². The van der Waals surface area contributed by atoms with E-state index < -0.39 is 0 Å². The molecule has 8 heteroatoms. The van der Waals surface area contributed by atoms with Gasteiger partial charge in [0.15, 0.2) is 11.5 Å². The number of benzene rings is 1. The predicted molar refractivity (Wildman–Crippen MR) is 87.2 cm³/mol. The standard InChI is InChI=1S/C17H17N5O3/c1-10-7-12(25-20-10)8-22-11(2)16(19-21-22)17(23)18-14-9-24-15-6-4-3-5-13(14)15/h3-7,14H,8-9H2,1-2H3,(H,18,23). The zero-order valence-corrected chi connectivity index (χ0v) is 13.9. The fourth-order valence-electron chi connectivity index (χ4n) is 2.87. The van der Waals surface area contributed by atoms with Gasteiger partial charge in [0.05, 0.1) is 17.4 Å². The van der Waals surface area contributed by atoms with E-state index in [2.05, 4.69) is 20.8 Å². The number of aryl methyl sites for hydroxylation is 1. The normalized spacial score (nSPS) is 15.7. The molecule has 0 aliphatic carbocycles. The summed E-state index contributed by atoms with van der Waals surface area (Å²) in [6.07, 6.45) is 0. The molecule has 2 aromatic heterocycles. The Labute approximate surface area is 143 Å². The highest BCUT2D eigenvalue weighted by Gasteiger charge is 2.27. The minimum Gasteiger partial charge on any atom is -0.491 e. The van der Waals surface area contributed by atoms with E-state index in [0.29, 0.717) is 30.3 Å². The van der Waals surface area contributed by atoms with Crippen LogP contribution in [0.15, 0.2) is 34.9 Å². The quantitative estimate of drug-likeness (QED) is 0.779. The molecular weight excluding hydrogens is 322 g/mol. The molecule has 128 valence electrons. The van der Waals surface area contributed by atoms with Gasteiger partial charge in [-0.3, -0.25) is 4.79 Å². The molecule has 1 unspecified atom stereocenters. The van der Waals surface area contributed by atoms with Gasteiger partial charge in [0.25, 0.3) is 5.91 Å². The Kier molecular flexibility index (Phi) is 3.72. The molecule has 1 N–H and O–H groups in total. The summed E-state index contributed by atoms with van der Waals surface area (Å²) in [6.45, 7) is 4.44. The van der Waals surface area contributed by atoms with Crippen molar-refractivity contribution in [2.75, 3.05) is 6.61 Å². The molecule has 25 heavy (non-hydrogen) atoms. The van der Waals surface area contributed by atoms with Gasteiger partial charge < -0.3 is 14.6 Å². The monoisotopic (exact) mass is 339 g/mol. The van der Waals surface area contributed by atoms with E-state index in [-0.39, 0.29) is 11.9 Å². The van der Waals surface area contributed by atoms with Crippen LogP contribution in [0.25, 0.3) is 0 Å². The van der Waals surface area contributed by atoms with E-state index in [0.717, 1.165) is 17.0 Å². The number of amides is 1. The van der Waals surface area contributed by atoms with Crippen LogP contribution in [0.1, 0.15) is 39.2 Å². The molecule has 1 aliphatic heterocycles. The number of aromatic nitrogens is 4. The predicted octanol–water partition coefficient (Wildman–Crippen LogP) is 1.79. The highest BCUT2D eigenvalue weighted by atomic mass is 16.5. The minimum absolute atomic E-state index is 0.190. The van der Waals surface area contributed by atoms with E-state index in [1.165, 1.54) is 0 Å². The molecule has 0 radical (unpaired) electrons. The maximum atomic E-state index is 12.6. The SMILES string of the molecule is Cc1cc(Cn2nnc(C(=O)NC3COc4ccccc43)c2C)on1. The van der Waals surface area contributed by atoms with Crippen LogP contribution in [-0.2, 0) is 6.54 Å². The Morgan fingerprint density at radius 1 is 1.36 bits per heavy atom. The Hall–Kier alpha value is -3.16. The molecule has 1 atom stereocenters. The number of rotatable bonds is 4. The van der Waals surface area contributed by atoms with Crippen LogP contribution in [0, 0.1) is 13.8 Å². The summed E-state index contributed by atoms with van der Waals surface area (Å²) in [5.41, 5.74) is 2.73. The summed E-state index contributed by atoms with van der Waals surface area (Å²) in [4.78, 5) is 12.6. The van der Waals surface area contributed by atoms with Gasteiger partial charge in [-0.2, -0.15) is 0 Å². The second-order valence-electron chi connectivity index (χ2n) is 5.99. The van der Waals surface area contributed by atoms with Gasteiger partial charge in [0.1, 0.15) is 18.9 Å². The molecule has 1 aliphatic rings. The van der Waals surface area contributed by atoms with Crippen LogP contribution in [0.5, 0.6) is 5.75 Å². The van der Waals surface area contributed by atoms with Crippen LogP contribution >= 0.6 is 0 Å². The third kappa shape index (κ3) is 2.86. The fraction of sp³-hybridized carbons (Fsp3) is 0.294. The van der Waals surface area contributed by atoms with Crippen molar-refractivity contribution in [2.45, 2.75) is 26.4 Å². The fourth-order valence-corrected chi connectivity index (χ4v) is 2.87. The zero-order chi connectivity index (χ0) is 17.4. The third-order valence-electron chi connectivity index (χ3n) is 4.19. The highest BCUT2D eigenvalue weighted by molar-refractivity contribution is 5.93. The summed E-state index contributed by atoms with van der Waals surface area (Å²) in [5, 5.41) is 14.9. The first-order valence-corrected chi connectivity index (χ1v) is 7.96. The number of ether oxygens (including phenoxy) is 1. The molecule has 1 aromatic carbocycles. The van der Waals surface area contributed by atoms with Crippen LogP contribution in [0.2, 0.25) is 0 Å². The van der Waals surface area contributed by atoms with Crippen molar-refractivity contribution in [3.05, 3.63) is 58.7 Å². The number of hydrogen-bond acceptors (Lipinski definition) is 6. The van der Waals surface area contributed by atoms with Gasteiger partial charge in [-0.25, -0.2) is 4.68 Å². The number of carbonyl (C=O) groups excluding carboxylic acids is 1. The average molecular weight is 339 g/mol. The van der Waals surface area contributed by atoms with Gasteiger partial charge >= 0.3 is 0 Å². The van der Waals surface area contributed by atoms with E-state index in [4.69, 9.17) is 9.26 Å². The van der Waals surface area contributed by atoms with Gasteiger partial charge in [-0.05, 0) is 19.9 Å². The van der Waals surface area contributed by atoms with Gasteiger partial charge in [0, 0.05) is 11.6 Å². The van der Waals surface area contributed by atoms with Crippen molar-refractivity contribution < 1.29 is 14.1 Å². The lowest BCUT2D eigenvalue weighted by Crippen LogP contribution is -2.30. The maximum absolute atomic E-state index is 12.6. The molecule has 0 fully saturated rings.